The molecule has 0 spiro atoms. The number of thiophene rings is 2. The van der Waals surface area contributed by atoms with Gasteiger partial charge in [-0.25, -0.2) is 4.79 Å². The summed E-state index contributed by atoms with van der Waals surface area (Å²) in [6.45, 7) is 2.20. The molecule has 3 aromatic heterocycles. The van der Waals surface area contributed by atoms with Crippen LogP contribution in [0.3, 0.4) is 0 Å². The van der Waals surface area contributed by atoms with E-state index in [0.29, 0.717) is 27.6 Å². The van der Waals surface area contributed by atoms with Crippen LogP contribution in [-0.2, 0) is 22.4 Å². The van der Waals surface area contributed by atoms with Gasteiger partial charge in [-0.3, -0.25) is 4.79 Å². The first-order chi connectivity index (χ1) is 14.0. The summed E-state index contributed by atoms with van der Waals surface area (Å²) in [5.41, 5.74) is 1.51. The number of hydrogen-bond donors (Lipinski definition) is 1. The highest BCUT2D eigenvalue weighted by atomic mass is 32.2. The average Bonchev–Trinajstić information content (AvgIpc) is 3.44. The molecule has 0 saturated carbocycles. The van der Waals surface area contributed by atoms with Gasteiger partial charge in [0.2, 0.25) is 5.91 Å². The van der Waals surface area contributed by atoms with Crippen LogP contribution in [0.5, 0.6) is 0 Å². The largest absolute Gasteiger partial charge is 0.465 e. The number of esters is 1. The molecule has 0 aliphatic heterocycles. The summed E-state index contributed by atoms with van der Waals surface area (Å²) in [6.07, 6.45) is 2.78. The predicted octanol–water partition coefficient (Wildman–Crippen LogP) is 4.50. The Labute approximate surface area is 179 Å². The second-order valence-corrected chi connectivity index (χ2v) is 9.71. The zero-order valence-corrected chi connectivity index (χ0v) is 18.3. The fraction of sp³-hybridized carbons (Fsp3) is 0.368. The topological polar surface area (TPSA) is 94.3 Å². The maximum Gasteiger partial charge on any atom is 0.341 e. The van der Waals surface area contributed by atoms with Crippen LogP contribution in [0.25, 0.3) is 10.8 Å². The minimum absolute atomic E-state index is 0.103. The molecule has 0 aromatic carbocycles. The van der Waals surface area contributed by atoms with E-state index in [-0.39, 0.29) is 11.7 Å². The highest BCUT2D eigenvalue weighted by Gasteiger charge is 2.29. The first kappa shape index (κ1) is 20.1. The maximum atomic E-state index is 12.5. The fourth-order valence-electron chi connectivity index (χ4n) is 3.21. The van der Waals surface area contributed by atoms with E-state index in [2.05, 4.69) is 22.4 Å². The molecule has 0 saturated heterocycles. The monoisotopic (exact) mass is 449 g/mol. The number of nitrogens with one attached hydrogen (secondary N) is 1. The quantitative estimate of drug-likeness (QED) is 0.437. The van der Waals surface area contributed by atoms with Gasteiger partial charge in [0.1, 0.15) is 5.00 Å². The van der Waals surface area contributed by atoms with Gasteiger partial charge in [0, 0.05) is 4.88 Å². The molecule has 10 heteroatoms. The average molecular weight is 450 g/mol. The molecule has 1 unspecified atom stereocenters. The molecule has 29 heavy (non-hydrogen) atoms. The zero-order chi connectivity index (χ0) is 20.4. The molecule has 1 atom stereocenters. The molecule has 1 aliphatic carbocycles. The molecule has 1 N–H and O–H groups in total. The van der Waals surface area contributed by atoms with E-state index in [1.54, 1.807) is 0 Å². The van der Waals surface area contributed by atoms with Crippen LogP contribution in [0.2, 0.25) is 0 Å². The Bertz CT molecular complexity index is 1030. The number of carbonyl (C=O) groups is 2. The lowest BCUT2D eigenvalue weighted by molar-refractivity contribution is -0.113. The SMILES string of the molecule is COC(=O)c1c(NC(=O)CSc2nnc(-c3cccs3)o2)sc2c1CCC(C)C2. The number of thioether (sulfide) groups is 1. The fourth-order valence-corrected chi connectivity index (χ4v) is 5.84. The number of fused-ring (bicyclic) bond motifs is 1. The molecule has 0 bridgehead atoms. The van der Waals surface area contributed by atoms with Crippen molar-refractivity contribution in [3.05, 3.63) is 33.5 Å². The van der Waals surface area contributed by atoms with Gasteiger partial charge in [-0.05, 0) is 42.2 Å². The third kappa shape index (κ3) is 4.39. The summed E-state index contributed by atoms with van der Waals surface area (Å²) in [5, 5.41) is 13.7. The van der Waals surface area contributed by atoms with Crippen molar-refractivity contribution < 1.29 is 18.7 Å². The van der Waals surface area contributed by atoms with E-state index >= 15 is 0 Å². The van der Waals surface area contributed by atoms with E-state index < -0.39 is 5.97 Å². The highest BCUT2D eigenvalue weighted by molar-refractivity contribution is 7.99. The number of methoxy groups -OCH3 is 1. The summed E-state index contributed by atoms with van der Waals surface area (Å²) in [7, 11) is 1.36. The number of nitrogens with zero attached hydrogens (tertiary/aromatic N) is 2. The van der Waals surface area contributed by atoms with E-state index in [9.17, 15) is 9.59 Å². The summed E-state index contributed by atoms with van der Waals surface area (Å²) in [4.78, 5) is 26.9. The zero-order valence-electron chi connectivity index (χ0n) is 15.9. The number of rotatable bonds is 6. The molecule has 4 rings (SSSR count). The van der Waals surface area contributed by atoms with E-state index in [1.165, 1.54) is 29.8 Å². The van der Waals surface area contributed by atoms with Crippen molar-refractivity contribution >= 4 is 51.3 Å². The van der Waals surface area contributed by atoms with Crippen LogP contribution in [0.4, 0.5) is 5.00 Å². The minimum atomic E-state index is -0.405. The first-order valence-corrected chi connectivity index (χ1v) is 11.8. The van der Waals surface area contributed by atoms with Crippen LogP contribution >= 0.6 is 34.4 Å². The molecular formula is C19H19N3O4S3. The number of amides is 1. The van der Waals surface area contributed by atoms with Gasteiger partial charge in [0.15, 0.2) is 0 Å². The van der Waals surface area contributed by atoms with Gasteiger partial charge < -0.3 is 14.5 Å². The third-order valence-corrected chi connectivity index (χ3v) is 7.47. The normalized spacial score (nSPS) is 15.7. The molecule has 1 amide bonds. The first-order valence-electron chi connectivity index (χ1n) is 9.08. The highest BCUT2D eigenvalue weighted by Crippen LogP contribution is 2.40. The minimum Gasteiger partial charge on any atom is -0.465 e. The number of carbonyl (C=O) groups excluding carboxylic acids is 2. The molecule has 3 aromatic rings. The molecule has 0 radical (unpaired) electrons. The molecule has 152 valence electrons. The van der Waals surface area contributed by atoms with Crippen molar-refractivity contribution in [2.24, 2.45) is 5.92 Å². The Kier molecular flexibility index (Phi) is 6.02. The Balaban J connectivity index is 1.44. The van der Waals surface area contributed by atoms with Gasteiger partial charge in [-0.1, -0.05) is 24.8 Å². The number of anilines is 1. The van der Waals surface area contributed by atoms with Crippen LogP contribution < -0.4 is 5.32 Å². The van der Waals surface area contributed by atoms with Crippen molar-refractivity contribution in [3.63, 3.8) is 0 Å². The number of aromatic nitrogens is 2. The summed E-state index contributed by atoms with van der Waals surface area (Å²) in [6, 6.07) is 3.80. The summed E-state index contributed by atoms with van der Waals surface area (Å²) < 4.78 is 10.5. The smallest absolute Gasteiger partial charge is 0.341 e. The van der Waals surface area contributed by atoms with Crippen LogP contribution in [0.15, 0.2) is 27.2 Å². The van der Waals surface area contributed by atoms with Gasteiger partial charge in [-0.2, -0.15) is 0 Å². The van der Waals surface area contributed by atoms with Crippen molar-refractivity contribution in [1.82, 2.24) is 10.2 Å². The van der Waals surface area contributed by atoms with Crippen LogP contribution in [0.1, 0.15) is 34.1 Å². The molecule has 0 fully saturated rings. The van der Waals surface area contributed by atoms with Gasteiger partial charge >= 0.3 is 5.97 Å². The molecule has 7 nitrogen and oxygen atoms in total. The lowest BCUT2D eigenvalue weighted by Crippen LogP contribution is -2.17. The van der Waals surface area contributed by atoms with E-state index in [4.69, 9.17) is 9.15 Å². The Hall–Kier alpha value is -2.17. The standard InChI is InChI=1S/C19H19N3O4S3/c1-10-5-6-11-13(8-10)29-17(15(11)18(24)25-2)20-14(23)9-28-19-22-21-16(26-19)12-4-3-7-27-12/h3-4,7,10H,5-6,8-9H2,1-2H3,(H,20,23). The summed E-state index contributed by atoms with van der Waals surface area (Å²) >= 11 is 4.14. The number of hydrogen-bond acceptors (Lipinski definition) is 9. The van der Waals surface area contributed by atoms with Crippen molar-refractivity contribution in [2.45, 2.75) is 31.4 Å². The number of ether oxygens (including phenoxy) is 1. The van der Waals surface area contributed by atoms with Gasteiger partial charge in [0.25, 0.3) is 11.1 Å². The second-order valence-electron chi connectivity index (χ2n) is 6.73. The Morgan fingerprint density at radius 3 is 3.03 bits per heavy atom. The van der Waals surface area contributed by atoms with Crippen molar-refractivity contribution in [3.8, 4) is 10.8 Å². The lowest BCUT2D eigenvalue weighted by Gasteiger charge is -2.18. The molecule has 3 heterocycles. The third-order valence-electron chi connectivity index (χ3n) is 4.62. The summed E-state index contributed by atoms with van der Waals surface area (Å²) in [5.74, 6) is 0.475. The van der Waals surface area contributed by atoms with Gasteiger partial charge in [0.05, 0.1) is 23.3 Å². The predicted molar refractivity (Wildman–Crippen MR) is 114 cm³/mol. The van der Waals surface area contributed by atoms with Crippen molar-refractivity contribution in [1.29, 1.82) is 0 Å². The van der Waals surface area contributed by atoms with Crippen LogP contribution in [-0.4, -0.2) is 34.9 Å². The van der Waals surface area contributed by atoms with Crippen LogP contribution in [0, 0.1) is 5.92 Å². The van der Waals surface area contributed by atoms with E-state index in [1.807, 2.05) is 17.5 Å². The Morgan fingerprint density at radius 2 is 2.28 bits per heavy atom. The van der Waals surface area contributed by atoms with Gasteiger partial charge in [-0.15, -0.1) is 32.9 Å². The maximum absolute atomic E-state index is 12.5. The second kappa shape index (κ2) is 8.68. The molecule has 1 aliphatic rings. The van der Waals surface area contributed by atoms with Crippen molar-refractivity contribution in [2.75, 3.05) is 18.2 Å². The van der Waals surface area contributed by atoms with E-state index in [0.717, 1.165) is 46.3 Å². The molecular weight excluding hydrogens is 430 g/mol. The Morgan fingerprint density at radius 1 is 1.41 bits per heavy atom. The lowest BCUT2D eigenvalue weighted by atomic mass is 9.88.